The molecule has 1 aliphatic heterocycles. The Bertz CT molecular complexity index is 1210. The van der Waals surface area contributed by atoms with Crippen LogP contribution in [-0.2, 0) is 11.2 Å². The zero-order valence-electron chi connectivity index (χ0n) is 20.8. The van der Waals surface area contributed by atoms with E-state index in [0.717, 1.165) is 25.7 Å². The summed E-state index contributed by atoms with van der Waals surface area (Å²) in [5, 5.41) is 0. The van der Waals surface area contributed by atoms with Gasteiger partial charge in [0.15, 0.2) is 23.3 Å². The van der Waals surface area contributed by atoms with Crippen LogP contribution in [-0.4, -0.2) is 6.61 Å². The van der Waals surface area contributed by atoms with Gasteiger partial charge in [0.25, 0.3) is 0 Å². The van der Waals surface area contributed by atoms with Gasteiger partial charge in [0.2, 0.25) is 0 Å². The fourth-order valence-corrected chi connectivity index (χ4v) is 4.92. The van der Waals surface area contributed by atoms with Gasteiger partial charge in [-0.25, -0.2) is 17.6 Å². The maximum absolute atomic E-state index is 15.1. The summed E-state index contributed by atoms with van der Waals surface area (Å²) in [6, 6.07) is 12.7. The summed E-state index contributed by atoms with van der Waals surface area (Å²) < 4.78 is 65.1. The zero-order valence-corrected chi connectivity index (χ0v) is 20.8. The molecule has 1 saturated heterocycles. The largest absolute Gasteiger partial charge is 0.373 e. The van der Waals surface area contributed by atoms with Crippen molar-refractivity contribution in [2.45, 2.75) is 58.5 Å². The predicted molar refractivity (Wildman–Crippen MR) is 137 cm³/mol. The van der Waals surface area contributed by atoms with E-state index in [-0.39, 0.29) is 16.7 Å². The summed E-state index contributed by atoms with van der Waals surface area (Å²) in [4.78, 5) is 0. The van der Waals surface area contributed by atoms with Gasteiger partial charge in [-0.15, -0.1) is 0 Å². The molecule has 1 nitrogen and oxygen atoms in total. The second kappa shape index (κ2) is 11.9. The van der Waals surface area contributed by atoms with Crippen molar-refractivity contribution < 1.29 is 22.3 Å². The van der Waals surface area contributed by atoms with Crippen LogP contribution in [0.25, 0.3) is 22.3 Å². The van der Waals surface area contributed by atoms with Crippen LogP contribution in [0.3, 0.4) is 0 Å². The van der Waals surface area contributed by atoms with Gasteiger partial charge in [0.05, 0.1) is 12.7 Å². The van der Waals surface area contributed by atoms with Crippen molar-refractivity contribution in [1.82, 2.24) is 0 Å². The Labute approximate surface area is 210 Å². The highest BCUT2D eigenvalue weighted by molar-refractivity contribution is 5.71. The molecule has 0 bridgehead atoms. The number of rotatable bonds is 8. The van der Waals surface area contributed by atoms with Crippen LogP contribution in [0.5, 0.6) is 0 Å². The van der Waals surface area contributed by atoms with E-state index in [0.29, 0.717) is 42.1 Å². The molecule has 4 rings (SSSR count). The van der Waals surface area contributed by atoms with Crippen LogP contribution in [0.2, 0.25) is 0 Å². The molecule has 0 spiro atoms. The lowest BCUT2D eigenvalue weighted by Gasteiger charge is -2.29. The van der Waals surface area contributed by atoms with Crippen LogP contribution < -0.4 is 0 Å². The molecule has 3 aromatic rings. The molecule has 1 aliphatic rings. The average molecular weight is 497 g/mol. The topological polar surface area (TPSA) is 9.23 Å². The third-order valence-electron chi connectivity index (χ3n) is 7.00. The first-order chi connectivity index (χ1) is 17.4. The molecule has 0 saturated carbocycles. The van der Waals surface area contributed by atoms with Crippen molar-refractivity contribution in [3.05, 3.63) is 95.1 Å². The number of allylic oxidation sites excluding steroid dienone is 2. The van der Waals surface area contributed by atoms with Crippen molar-refractivity contribution in [1.29, 1.82) is 0 Å². The molecule has 36 heavy (non-hydrogen) atoms. The zero-order chi connectivity index (χ0) is 25.7. The Morgan fingerprint density at radius 2 is 1.44 bits per heavy atom. The molecule has 190 valence electrons. The van der Waals surface area contributed by atoms with Crippen molar-refractivity contribution in [3.8, 4) is 22.3 Å². The smallest absolute Gasteiger partial charge is 0.167 e. The van der Waals surface area contributed by atoms with Gasteiger partial charge in [0, 0.05) is 16.7 Å². The molecule has 2 atom stereocenters. The van der Waals surface area contributed by atoms with E-state index in [1.54, 1.807) is 48.5 Å². The highest BCUT2D eigenvalue weighted by Crippen LogP contribution is 2.37. The first-order valence-corrected chi connectivity index (χ1v) is 12.7. The molecule has 0 aromatic heterocycles. The lowest BCUT2D eigenvalue weighted by atomic mass is 9.90. The molecule has 0 aliphatic carbocycles. The molecule has 1 heterocycles. The first-order valence-electron chi connectivity index (χ1n) is 12.7. The summed E-state index contributed by atoms with van der Waals surface area (Å²) in [5.74, 6) is -3.12. The van der Waals surface area contributed by atoms with Crippen molar-refractivity contribution in [2.24, 2.45) is 5.92 Å². The minimum Gasteiger partial charge on any atom is -0.373 e. The van der Waals surface area contributed by atoms with Gasteiger partial charge in [-0.05, 0) is 61.6 Å². The molecular formula is C31H32F4O. The Morgan fingerprint density at radius 1 is 0.806 bits per heavy atom. The van der Waals surface area contributed by atoms with Gasteiger partial charge >= 0.3 is 0 Å². The Kier molecular flexibility index (Phi) is 8.63. The minimum absolute atomic E-state index is 0.118. The lowest BCUT2D eigenvalue weighted by molar-refractivity contribution is -0.0210. The number of ether oxygens (including phenoxy) is 1. The second-order valence-electron chi connectivity index (χ2n) is 9.47. The van der Waals surface area contributed by atoms with E-state index in [1.807, 2.05) is 19.9 Å². The van der Waals surface area contributed by atoms with Crippen LogP contribution in [0, 0.1) is 29.2 Å². The van der Waals surface area contributed by atoms with Crippen molar-refractivity contribution in [2.75, 3.05) is 6.61 Å². The molecule has 3 aromatic carbocycles. The van der Waals surface area contributed by atoms with Crippen molar-refractivity contribution >= 4 is 0 Å². The number of hydrogen-bond acceptors (Lipinski definition) is 1. The van der Waals surface area contributed by atoms with Crippen LogP contribution in [0.1, 0.15) is 63.2 Å². The molecule has 0 radical (unpaired) electrons. The summed E-state index contributed by atoms with van der Waals surface area (Å²) in [7, 11) is 0. The Hall–Kier alpha value is -2.92. The normalized spacial score (nSPS) is 18.2. The van der Waals surface area contributed by atoms with Crippen LogP contribution in [0.15, 0.2) is 60.7 Å². The van der Waals surface area contributed by atoms with E-state index < -0.39 is 29.4 Å². The monoisotopic (exact) mass is 496 g/mol. The van der Waals surface area contributed by atoms with Crippen LogP contribution >= 0.6 is 0 Å². The summed E-state index contributed by atoms with van der Waals surface area (Å²) in [6.45, 7) is 4.45. The third-order valence-corrected chi connectivity index (χ3v) is 7.00. The van der Waals surface area contributed by atoms with Crippen molar-refractivity contribution in [3.63, 3.8) is 0 Å². The third kappa shape index (κ3) is 5.57. The molecule has 0 amide bonds. The summed E-state index contributed by atoms with van der Waals surface area (Å²) in [5.41, 5.74) is 1.77. The molecule has 0 N–H and O–H groups in total. The number of hydrogen-bond donors (Lipinski definition) is 0. The minimum atomic E-state index is -0.930. The average Bonchev–Trinajstić information content (AvgIpc) is 2.90. The molecule has 1 fully saturated rings. The number of benzene rings is 3. The fraction of sp³-hybridized carbons (Fsp3) is 0.355. The number of aryl methyl sites for hydroxylation is 1. The molecule has 2 unspecified atom stereocenters. The summed E-state index contributed by atoms with van der Waals surface area (Å²) >= 11 is 0. The van der Waals surface area contributed by atoms with E-state index in [1.165, 1.54) is 0 Å². The van der Waals surface area contributed by atoms with E-state index in [4.69, 9.17) is 4.74 Å². The number of halogens is 4. The standard InChI is InChI=1S/C31H32F4O/c1-3-5-6-8-20-9-18-27(36-19-20)26-17-16-25(30(34)31(26)35)22-12-10-21(11-13-22)24-15-14-23(7-4-2)28(32)29(24)33/h3,5,10-17,20,27H,4,6-9,18-19H2,1-2H3/b5-3+. The molecule has 5 heteroatoms. The highest BCUT2D eigenvalue weighted by atomic mass is 19.2. The van der Waals surface area contributed by atoms with E-state index in [9.17, 15) is 8.78 Å². The van der Waals surface area contributed by atoms with Gasteiger partial charge in [-0.3, -0.25) is 0 Å². The maximum atomic E-state index is 15.1. The predicted octanol–water partition coefficient (Wildman–Crippen LogP) is 9.35. The molecular weight excluding hydrogens is 464 g/mol. The Balaban J connectivity index is 1.50. The van der Waals surface area contributed by atoms with Gasteiger partial charge in [-0.2, -0.15) is 0 Å². The highest BCUT2D eigenvalue weighted by Gasteiger charge is 2.27. The maximum Gasteiger partial charge on any atom is 0.167 e. The quantitative estimate of drug-likeness (QED) is 0.223. The Morgan fingerprint density at radius 3 is 2.03 bits per heavy atom. The lowest BCUT2D eigenvalue weighted by Crippen LogP contribution is -2.21. The fourth-order valence-electron chi connectivity index (χ4n) is 4.92. The van der Waals surface area contributed by atoms with Crippen LogP contribution in [0.4, 0.5) is 17.6 Å². The van der Waals surface area contributed by atoms with E-state index >= 15 is 8.78 Å². The second-order valence-corrected chi connectivity index (χ2v) is 9.47. The SMILES string of the molecule is C/C=C/CCC1CCC(c2ccc(-c3ccc(-c4ccc(CCC)c(F)c4F)cc3)c(F)c2F)OC1. The van der Waals surface area contributed by atoms with E-state index in [2.05, 4.69) is 6.08 Å². The first kappa shape index (κ1) is 26.2. The summed E-state index contributed by atoms with van der Waals surface area (Å²) in [6.07, 6.45) is 8.49. The van der Waals surface area contributed by atoms with Gasteiger partial charge in [0.1, 0.15) is 0 Å². The van der Waals surface area contributed by atoms with Gasteiger partial charge in [-0.1, -0.05) is 74.0 Å². The van der Waals surface area contributed by atoms with Gasteiger partial charge < -0.3 is 4.74 Å².